The predicted octanol–water partition coefficient (Wildman–Crippen LogP) is 2.24. The molecule has 0 aliphatic carbocycles. The molecule has 18 heavy (non-hydrogen) atoms. The summed E-state index contributed by atoms with van der Waals surface area (Å²) in [7, 11) is 0. The van der Waals surface area contributed by atoms with Crippen molar-refractivity contribution in [3.8, 4) is 5.75 Å². The third kappa shape index (κ3) is 3.79. The van der Waals surface area contributed by atoms with E-state index in [-0.39, 0.29) is 12.8 Å². The maximum absolute atomic E-state index is 11.5. The van der Waals surface area contributed by atoms with Crippen molar-refractivity contribution in [2.75, 3.05) is 12.0 Å². The van der Waals surface area contributed by atoms with Gasteiger partial charge in [-0.15, -0.1) is 0 Å². The lowest BCUT2D eigenvalue weighted by Crippen LogP contribution is -2.32. The molecule has 0 bridgehead atoms. The van der Waals surface area contributed by atoms with Gasteiger partial charge in [-0.05, 0) is 24.3 Å². The Morgan fingerprint density at radius 2 is 1.89 bits per heavy atom. The zero-order chi connectivity index (χ0) is 12.6. The summed E-state index contributed by atoms with van der Waals surface area (Å²) in [6.07, 6.45) is 1.61. The Morgan fingerprint density at radius 3 is 2.61 bits per heavy atom. The van der Waals surface area contributed by atoms with Gasteiger partial charge in [0.25, 0.3) is 0 Å². The molecular weight excluding hydrogens is 230 g/mol. The van der Waals surface area contributed by atoms with Crippen molar-refractivity contribution in [1.29, 1.82) is 0 Å². The largest absolute Gasteiger partial charge is 0.473 e. The average molecular weight is 243 g/mol. The zero-order valence-corrected chi connectivity index (χ0v) is 9.67. The minimum absolute atomic E-state index is 0.0999. The number of carbonyl (C=O) groups is 1. The van der Waals surface area contributed by atoms with Crippen molar-refractivity contribution in [3.05, 3.63) is 54.7 Å². The summed E-state index contributed by atoms with van der Waals surface area (Å²) >= 11 is 0. The lowest BCUT2D eigenvalue weighted by atomic mass is 10.3. The fourth-order valence-electron chi connectivity index (χ4n) is 1.30. The van der Waals surface area contributed by atoms with Crippen molar-refractivity contribution in [2.24, 2.45) is 0 Å². The average Bonchev–Trinajstić information content (AvgIpc) is 2.41. The summed E-state index contributed by atoms with van der Waals surface area (Å²) in [6, 6.07) is 14.2. The quantitative estimate of drug-likeness (QED) is 0.809. The van der Waals surface area contributed by atoms with Crippen molar-refractivity contribution >= 4 is 11.8 Å². The van der Waals surface area contributed by atoms with Crippen LogP contribution < -0.4 is 15.4 Å². The molecule has 2 N–H and O–H groups in total. The van der Waals surface area contributed by atoms with Gasteiger partial charge in [0.1, 0.15) is 11.6 Å². The van der Waals surface area contributed by atoms with Crippen LogP contribution >= 0.6 is 0 Å². The van der Waals surface area contributed by atoms with E-state index in [2.05, 4.69) is 15.6 Å². The van der Waals surface area contributed by atoms with Crippen molar-refractivity contribution < 1.29 is 9.53 Å². The number of hydrogen-bond acceptors (Lipinski definition) is 3. The van der Waals surface area contributed by atoms with Gasteiger partial charge in [-0.2, -0.15) is 0 Å². The first-order chi connectivity index (χ1) is 8.84. The van der Waals surface area contributed by atoms with Crippen molar-refractivity contribution in [2.45, 2.75) is 0 Å². The molecule has 0 atom stereocenters. The van der Waals surface area contributed by atoms with Crippen LogP contribution in [0.1, 0.15) is 0 Å². The number of amides is 2. The number of pyridine rings is 1. The second kappa shape index (κ2) is 6.24. The summed E-state index contributed by atoms with van der Waals surface area (Å²) in [5, 5.41) is 5.15. The van der Waals surface area contributed by atoms with Crippen molar-refractivity contribution in [3.63, 3.8) is 0 Å². The van der Waals surface area contributed by atoms with Crippen LogP contribution in [0.4, 0.5) is 10.6 Å². The summed E-state index contributed by atoms with van der Waals surface area (Å²) < 4.78 is 5.32. The van der Waals surface area contributed by atoms with E-state index >= 15 is 0 Å². The fraction of sp³-hybridized carbons (Fsp3) is 0.0769. The normalized spacial score (nSPS) is 9.56. The number of aromatic nitrogens is 1. The maximum Gasteiger partial charge on any atom is 0.323 e. The molecule has 5 heteroatoms. The van der Waals surface area contributed by atoms with Crippen LogP contribution in [0.5, 0.6) is 5.75 Å². The lowest BCUT2D eigenvalue weighted by molar-refractivity contribution is 0.234. The summed E-state index contributed by atoms with van der Waals surface area (Å²) in [6.45, 7) is 0.0999. The third-order valence-corrected chi connectivity index (χ3v) is 2.12. The van der Waals surface area contributed by atoms with Crippen LogP contribution in [-0.4, -0.2) is 17.7 Å². The molecule has 2 aromatic rings. The molecule has 1 aromatic carbocycles. The number of benzene rings is 1. The van der Waals surface area contributed by atoms with Gasteiger partial charge in [-0.3, -0.25) is 5.32 Å². The van der Waals surface area contributed by atoms with Gasteiger partial charge in [-0.1, -0.05) is 24.3 Å². The van der Waals surface area contributed by atoms with E-state index in [9.17, 15) is 4.79 Å². The first-order valence-corrected chi connectivity index (χ1v) is 5.48. The van der Waals surface area contributed by atoms with E-state index in [4.69, 9.17) is 4.74 Å². The molecule has 0 unspecified atom stereocenters. The van der Waals surface area contributed by atoms with Gasteiger partial charge in [0.05, 0.1) is 0 Å². The van der Waals surface area contributed by atoms with Gasteiger partial charge >= 0.3 is 6.03 Å². The van der Waals surface area contributed by atoms with Gasteiger partial charge < -0.3 is 10.1 Å². The number of anilines is 1. The molecule has 1 aromatic heterocycles. The molecular formula is C13H13N3O2. The number of rotatable bonds is 4. The second-order valence-corrected chi connectivity index (χ2v) is 3.45. The van der Waals surface area contributed by atoms with Gasteiger partial charge in [0, 0.05) is 6.20 Å². The highest BCUT2D eigenvalue weighted by Crippen LogP contribution is 2.07. The molecule has 0 fully saturated rings. The first kappa shape index (κ1) is 11.9. The Balaban J connectivity index is 1.73. The van der Waals surface area contributed by atoms with E-state index in [1.54, 1.807) is 24.4 Å². The number of nitrogens with zero attached hydrogens (tertiary/aromatic N) is 1. The van der Waals surface area contributed by atoms with Crippen LogP contribution in [0.25, 0.3) is 0 Å². The van der Waals surface area contributed by atoms with Crippen LogP contribution in [-0.2, 0) is 0 Å². The third-order valence-electron chi connectivity index (χ3n) is 2.12. The lowest BCUT2D eigenvalue weighted by Gasteiger charge is -2.08. The van der Waals surface area contributed by atoms with E-state index < -0.39 is 0 Å². The number of carbonyl (C=O) groups excluding carboxylic acids is 1. The van der Waals surface area contributed by atoms with Crippen molar-refractivity contribution in [1.82, 2.24) is 10.3 Å². The van der Waals surface area contributed by atoms with E-state index in [0.717, 1.165) is 0 Å². The van der Waals surface area contributed by atoms with Gasteiger partial charge in [0.2, 0.25) is 0 Å². The molecule has 0 saturated carbocycles. The highest BCUT2D eigenvalue weighted by atomic mass is 16.5. The van der Waals surface area contributed by atoms with Crippen LogP contribution in [0.3, 0.4) is 0 Å². The molecule has 0 aliphatic heterocycles. The summed E-state index contributed by atoms with van der Waals surface area (Å²) in [4.78, 5) is 15.4. The van der Waals surface area contributed by atoms with E-state index in [1.807, 2.05) is 30.3 Å². The molecule has 0 aliphatic rings. The Bertz CT molecular complexity index is 488. The number of para-hydroxylation sites is 1. The molecule has 0 saturated heterocycles. The van der Waals surface area contributed by atoms with Gasteiger partial charge in [0.15, 0.2) is 6.73 Å². The minimum Gasteiger partial charge on any atom is -0.473 e. The van der Waals surface area contributed by atoms with Crippen LogP contribution in [0.2, 0.25) is 0 Å². The predicted molar refractivity (Wildman–Crippen MR) is 68.3 cm³/mol. The zero-order valence-electron chi connectivity index (χ0n) is 9.67. The maximum atomic E-state index is 11.5. The fourth-order valence-corrected chi connectivity index (χ4v) is 1.30. The Labute approximate surface area is 105 Å². The first-order valence-electron chi connectivity index (χ1n) is 5.48. The molecule has 92 valence electrons. The molecule has 1 heterocycles. The smallest absolute Gasteiger partial charge is 0.323 e. The molecule has 0 spiro atoms. The number of urea groups is 1. The highest BCUT2D eigenvalue weighted by Gasteiger charge is 2.00. The summed E-state index contributed by atoms with van der Waals surface area (Å²) in [5.41, 5.74) is 0. The van der Waals surface area contributed by atoms with E-state index in [0.29, 0.717) is 11.6 Å². The second-order valence-electron chi connectivity index (χ2n) is 3.45. The van der Waals surface area contributed by atoms with E-state index in [1.165, 1.54) is 0 Å². The standard InChI is InChI=1S/C13H13N3O2/c17-13(16-12-8-4-5-9-14-12)15-10-18-11-6-2-1-3-7-11/h1-9H,10H2,(H2,14,15,16,17). The molecule has 5 nitrogen and oxygen atoms in total. The summed E-state index contributed by atoms with van der Waals surface area (Å²) in [5.74, 6) is 1.20. The number of nitrogens with one attached hydrogen (secondary N) is 2. The minimum atomic E-state index is -0.357. The topological polar surface area (TPSA) is 63.2 Å². The molecule has 2 amide bonds. The van der Waals surface area contributed by atoms with Gasteiger partial charge in [-0.25, -0.2) is 9.78 Å². The SMILES string of the molecule is O=C(NCOc1ccccc1)Nc1ccccn1. The number of hydrogen-bond donors (Lipinski definition) is 2. The van der Waals surface area contributed by atoms with Crippen LogP contribution in [0.15, 0.2) is 54.7 Å². The van der Waals surface area contributed by atoms with Crippen LogP contribution in [0, 0.1) is 0 Å². The number of ether oxygens (including phenoxy) is 1. The Kier molecular flexibility index (Phi) is 4.13. The monoisotopic (exact) mass is 243 g/mol. The Morgan fingerprint density at radius 1 is 1.11 bits per heavy atom. The Hall–Kier alpha value is -2.56. The highest BCUT2D eigenvalue weighted by molar-refractivity contribution is 5.87. The molecule has 0 radical (unpaired) electrons. The molecule has 2 rings (SSSR count).